The Bertz CT molecular complexity index is 296. The normalized spacial score (nSPS) is 19.1. The smallest absolute Gasteiger partial charge is 0.444 e. The van der Waals surface area contributed by atoms with Gasteiger partial charge in [0.2, 0.25) is 0 Å². The van der Waals surface area contributed by atoms with E-state index in [9.17, 15) is 4.79 Å². The molecule has 1 aliphatic rings. The van der Waals surface area contributed by atoms with E-state index < -0.39 is 12.7 Å². The van der Waals surface area contributed by atoms with Crippen LogP contribution in [0.1, 0.15) is 27.2 Å². The van der Waals surface area contributed by atoms with Crippen molar-refractivity contribution in [3.8, 4) is 0 Å². The van der Waals surface area contributed by atoms with Gasteiger partial charge >= 0.3 is 13.2 Å². The van der Waals surface area contributed by atoms with E-state index in [0.717, 1.165) is 5.57 Å². The van der Waals surface area contributed by atoms with Gasteiger partial charge in [0.05, 0.1) is 0 Å². The third kappa shape index (κ3) is 4.24. The molecule has 2 N–H and O–H groups in total. The predicted octanol–water partition coefficient (Wildman–Crippen LogP) is 0.566. The van der Waals surface area contributed by atoms with E-state index in [-0.39, 0.29) is 6.09 Å². The van der Waals surface area contributed by atoms with E-state index in [4.69, 9.17) is 14.8 Å². The fourth-order valence-electron chi connectivity index (χ4n) is 1.51. The molecule has 0 radical (unpaired) electrons. The number of carbonyl (C=O) groups is 1. The van der Waals surface area contributed by atoms with E-state index in [2.05, 4.69) is 0 Å². The zero-order valence-electron chi connectivity index (χ0n) is 9.93. The summed E-state index contributed by atoms with van der Waals surface area (Å²) in [5.41, 5.74) is 0.348. The second-order valence-corrected chi connectivity index (χ2v) is 4.89. The van der Waals surface area contributed by atoms with Crippen molar-refractivity contribution in [1.29, 1.82) is 0 Å². The number of likely N-dealkylation sites (tertiary alicyclic amines) is 1. The SMILES string of the molecule is CC(C)(C)OC(=O)N1CC/C(=C/B(O)O)C1. The molecule has 0 spiro atoms. The van der Waals surface area contributed by atoms with Gasteiger partial charge in [-0.05, 0) is 27.2 Å². The summed E-state index contributed by atoms with van der Waals surface area (Å²) < 4.78 is 5.21. The molecule has 1 amide bonds. The van der Waals surface area contributed by atoms with Crippen LogP contribution < -0.4 is 0 Å². The number of rotatable bonds is 1. The van der Waals surface area contributed by atoms with Crippen LogP contribution in [0.25, 0.3) is 0 Å². The van der Waals surface area contributed by atoms with Crippen molar-refractivity contribution in [2.75, 3.05) is 13.1 Å². The standard InChI is InChI=1S/C10H18BNO4/c1-10(2,3)16-9(13)12-5-4-8(7-12)6-11(14)15/h6,14-15H,4-5,7H2,1-3H3/b8-6-. The van der Waals surface area contributed by atoms with E-state index in [1.165, 1.54) is 5.98 Å². The number of nitrogens with zero attached hydrogens (tertiary/aromatic N) is 1. The van der Waals surface area contributed by atoms with Gasteiger partial charge in [-0.2, -0.15) is 0 Å². The Kier molecular flexibility index (Phi) is 3.99. The van der Waals surface area contributed by atoms with Crippen LogP contribution in [0.2, 0.25) is 0 Å². The monoisotopic (exact) mass is 227 g/mol. The largest absolute Gasteiger partial charge is 0.480 e. The van der Waals surface area contributed by atoms with Crippen molar-refractivity contribution in [3.05, 3.63) is 11.5 Å². The Hall–Kier alpha value is -1.01. The molecule has 1 heterocycles. The Morgan fingerprint density at radius 2 is 2.12 bits per heavy atom. The summed E-state index contributed by atoms with van der Waals surface area (Å²) in [5, 5.41) is 17.5. The van der Waals surface area contributed by atoms with Gasteiger partial charge in [0.25, 0.3) is 0 Å². The number of hydrogen-bond donors (Lipinski definition) is 2. The molecule has 90 valence electrons. The maximum atomic E-state index is 11.6. The minimum atomic E-state index is -1.45. The lowest BCUT2D eigenvalue weighted by Gasteiger charge is -2.23. The van der Waals surface area contributed by atoms with Gasteiger partial charge in [0.15, 0.2) is 0 Å². The summed E-state index contributed by atoms with van der Waals surface area (Å²) in [6.07, 6.45) is 0.306. The predicted molar refractivity (Wildman–Crippen MR) is 60.7 cm³/mol. The molecular weight excluding hydrogens is 209 g/mol. The van der Waals surface area contributed by atoms with Crippen molar-refractivity contribution >= 4 is 13.2 Å². The summed E-state index contributed by atoms with van der Waals surface area (Å²) in [7, 11) is -1.45. The lowest BCUT2D eigenvalue weighted by molar-refractivity contribution is 0.0299. The molecule has 16 heavy (non-hydrogen) atoms. The first-order valence-electron chi connectivity index (χ1n) is 5.31. The number of hydrogen-bond acceptors (Lipinski definition) is 4. The van der Waals surface area contributed by atoms with Gasteiger partial charge in [0.1, 0.15) is 5.60 Å². The molecular formula is C10H18BNO4. The first-order valence-corrected chi connectivity index (χ1v) is 5.31. The van der Waals surface area contributed by atoms with Gasteiger partial charge in [-0.1, -0.05) is 11.5 Å². The minimum absolute atomic E-state index is 0.358. The maximum absolute atomic E-state index is 11.6. The van der Waals surface area contributed by atoms with Gasteiger partial charge in [0, 0.05) is 13.1 Å². The third-order valence-electron chi connectivity index (χ3n) is 2.13. The second-order valence-electron chi connectivity index (χ2n) is 4.89. The highest BCUT2D eigenvalue weighted by Gasteiger charge is 2.26. The highest BCUT2D eigenvalue weighted by atomic mass is 16.6. The van der Waals surface area contributed by atoms with Crippen LogP contribution in [0.15, 0.2) is 11.5 Å². The topological polar surface area (TPSA) is 70.0 Å². The van der Waals surface area contributed by atoms with Crippen molar-refractivity contribution in [2.45, 2.75) is 32.8 Å². The van der Waals surface area contributed by atoms with Crippen LogP contribution in [0.5, 0.6) is 0 Å². The van der Waals surface area contributed by atoms with Crippen molar-refractivity contribution < 1.29 is 19.6 Å². The van der Waals surface area contributed by atoms with Crippen LogP contribution in [0.4, 0.5) is 4.79 Å². The van der Waals surface area contributed by atoms with Crippen LogP contribution in [0, 0.1) is 0 Å². The molecule has 1 fully saturated rings. The lowest BCUT2D eigenvalue weighted by atomic mass is 9.88. The summed E-state index contributed by atoms with van der Waals surface area (Å²) >= 11 is 0. The van der Waals surface area contributed by atoms with Gasteiger partial charge in [-0.15, -0.1) is 0 Å². The van der Waals surface area contributed by atoms with E-state index in [0.29, 0.717) is 19.5 Å². The van der Waals surface area contributed by atoms with Crippen LogP contribution in [-0.2, 0) is 4.74 Å². The lowest BCUT2D eigenvalue weighted by Crippen LogP contribution is -2.34. The van der Waals surface area contributed by atoms with Crippen molar-refractivity contribution in [1.82, 2.24) is 4.90 Å². The van der Waals surface area contributed by atoms with Gasteiger partial charge in [-0.3, -0.25) is 0 Å². The van der Waals surface area contributed by atoms with Crippen LogP contribution >= 0.6 is 0 Å². The highest BCUT2D eigenvalue weighted by molar-refractivity contribution is 6.47. The Morgan fingerprint density at radius 3 is 2.62 bits per heavy atom. The number of amides is 1. The fourth-order valence-corrected chi connectivity index (χ4v) is 1.51. The van der Waals surface area contributed by atoms with Crippen molar-refractivity contribution in [2.24, 2.45) is 0 Å². The molecule has 1 rings (SSSR count). The molecule has 6 heteroatoms. The molecule has 0 aliphatic carbocycles. The van der Waals surface area contributed by atoms with E-state index in [1.54, 1.807) is 4.90 Å². The minimum Gasteiger partial charge on any atom is -0.444 e. The molecule has 1 saturated heterocycles. The molecule has 0 saturated carbocycles. The molecule has 0 aromatic heterocycles. The Labute approximate surface area is 95.8 Å². The van der Waals surface area contributed by atoms with Gasteiger partial charge < -0.3 is 19.7 Å². The average Bonchev–Trinajstić information content (AvgIpc) is 2.48. The molecule has 0 aromatic rings. The first-order chi connectivity index (χ1) is 7.28. The van der Waals surface area contributed by atoms with Crippen LogP contribution in [-0.4, -0.2) is 46.9 Å². The fraction of sp³-hybridized carbons (Fsp3) is 0.700. The molecule has 0 aromatic carbocycles. The first kappa shape index (κ1) is 13.1. The Balaban J connectivity index is 2.50. The quantitative estimate of drug-likeness (QED) is 0.642. The molecule has 1 aliphatic heterocycles. The summed E-state index contributed by atoms with van der Waals surface area (Å²) in [6, 6.07) is 0. The van der Waals surface area contributed by atoms with Crippen molar-refractivity contribution in [3.63, 3.8) is 0 Å². The zero-order chi connectivity index (χ0) is 12.3. The zero-order valence-corrected chi connectivity index (χ0v) is 9.93. The molecule has 0 unspecified atom stereocenters. The molecule has 0 bridgehead atoms. The number of ether oxygens (including phenoxy) is 1. The van der Waals surface area contributed by atoms with Gasteiger partial charge in [-0.25, -0.2) is 4.79 Å². The summed E-state index contributed by atoms with van der Waals surface area (Å²) in [4.78, 5) is 13.2. The molecule has 5 nitrogen and oxygen atoms in total. The maximum Gasteiger partial charge on any atom is 0.480 e. The van der Waals surface area contributed by atoms with E-state index >= 15 is 0 Å². The third-order valence-corrected chi connectivity index (χ3v) is 2.13. The molecule has 0 atom stereocenters. The number of carbonyl (C=O) groups excluding carboxylic acids is 1. The Morgan fingerprint density at radius 1 is 1.50 bits per heavy atom. The van der Waals surface area contributed by atoms with Crippen LogP contribution in [0.3, 0.4) is 0 Å². The summed E-state index contributed by atoms with van der Waals surface area (Å²) in [5.74, 6) is 1.35. The second kappa shape index (κ2) is 4.89. The summed E-state index contributed by atoms with van der Waals surface area (Å²) in [6.45, 7) is 6.42. The highest BCUT2D eigenvalue weighted by Crippen LogP contribution is 2.18. The van der Waals surface area contributed by atoms with E-state index in [1.807, 2.05) is 20.8 Å². The average molecular weight is 227 g/mol.